The maximum Gasteiger partial charge on any atom is 0.323 e. The van der Waals surface area contributed by atoms with Crippen molar-refractivity contribution >= 4 is 23.2 Å². The number of nitrogens with one attached hydrogen (secondary N) is 2. The summed E-state index contributed by atoms with van der Waals surface area (Å²) < 4.78 is 13.1. The van der Waals surface area contributed by atoms with Gasteiger partial charge in [0.1, 0.15) is 5.82 Å². The summed E-state index contributed by atoms with van der Waals surface area (Å²) in [6.45, 7) is 3.10. The number of ketones is 1. The molecule has 0 fully saturated rings. The second-order valence-electron chi connectivity index (χ2n) is 4.68. The largest absolute Gasteiger partial charge is 0.323 e. The number of hydrogen-bond acceptors (Lipinski definition) is 2. The minimum Gasteiger partial charge on any atom is -0.308 e. The van der Waals surface area contributed by atoms with Crippen molar-refractivity contribution < 1.29 is 14.0 Å². The summed E-state index contributed by atoms with van der Waals surface area (Å²) in [5.41, 5.74) is 2.11. The molecule has 0 spiro atoms. The predicted molar refractivity (Wildman–Crippen MR) is 80.2 cm³/mol. The zero-order valence-corrected chi connectivity index (χ0v) is 11.7. The molecular formula is C16H15FN2O2. The first kappa shape index (κ1) is 14.7. The molecule has 4 nitrogen and oxygen atoms in total. The molecule has 2 aromatic rings. The van der Waals surface area contributed by atoms with Crippen molar-refractivity contribution in [2.45, 2.75) is 13.8 Å². The van der Waals surface area contributed by atoms with Gasteiger partial charge in [0, 0.05) is 16.9 Å². The second-order valence-corrected chi connectivity index (χ2v) is 4.68. The van der Waals surface area contributed by atoms with Gasteiger partial charge in [-0.1, -0.05) is 0 Å². The molecule has 5 heteroatoms. The molecule has 0 aliphatic rings. The van der Waals surface area contributed by atoms with Gasteiger partial charge in [0.2, 0.25) is 0 Å². The SMILES string of the molecule is CC(=O)c1ccc(NC(=O)Nc2ccc(F)c(C)c2)cc1. The number of hydrogen-bond donors (Lipinski definition) is 2. The molecule has 2 aromatic carbocycles. The standard InChI is InChI=1S/C16H15FN2O2/c1-10-9-14(7-8-15(10)17)19-16(21)18-13-5-3-12(4-6-13)11(2)20/h3-9H,1-2H3,(H2,18,19,21). The summed E-state index contributed by atoms with van der Waals surface area (Å²) >= 11 is 0. The maximum absolute atomic E-state index is 13.1. The minimum atomic E-state index is -0.434. The molecule has 0 saturated heterocycles. The molecule has 0 saturated carbocycles. The molecule has 0 unspecified atom stereocenters. The van der Waals surface area contributed by atoms with Gasteiger partial charge in [0.15, 0.2) is 5.78 Å². The maximum atomic E-state index is 13.1. The van der Waals surface area contributed by atoms with Crippen LogP contribution in [0.5, 0.6) is 0 Å². The Hall–Kier alpha value is -2.69. The summed E-state index contributed by atoms with van der Waals surface area (Å²) in [6, 6.07) is 10.5. The van der Waals surface area contributed by atoms with Crippen molar-refractivity contribution in [2.75, 3.05) is 10.6 Å². The van der Waals surface area contributed by atoms with Crippen LogP contribution in [0.2, 0.25) is 0 Å². The van der Waals surface area contributed by atoms with Crippen molar-refractivity contribution in [3.63, 3.8) is 0 Å². The van der Waals surface area contributed by atoms with E-state index in [9.17, 15) is 14.0 Å². The Labute approximate surface area is 122 Å². The van der Waals surface area contributed by atoms with E-state index in [0.29, 0.717) is 22.5 Å². The van der Waals surface area contributed by atoms with Gasteiger partial charge in [0.25, 0.3) is 0 Å². The van der Waals surface area contributed by atoms with Crippen molar-refractivity contribution in [2.24, 2.45) is 0 Å². The first-order valence-electron chi connectivity index (χ1n) is 6.41. The van der Waals surface area contributed by atoms with Crippen molar-refractivity contribution in [3.8, 4) is 0 Å². The topological polar surface area (TPSA) is 58.2 Å². The first-order chi connectivity index (χ1) is 9.95. The van der Waals surface area contributed by atoms with E-state index in [1.807, 2.05) is 0 Å². The van der Waals surface area contributed by atoms with Crippen molar-refractivity contribution in [1.29, 1.82) is 0 Å². The van der Waals surface area contributed by atoms with Crippen LogP contribution in [0, 0.1) is 12.7 Å². The summed E-state index contributed by atoms with van der Waals surface area (Å²) in [6.07, 6.45) is 0. The average Bonchev–Trinajstić information content (AvgIpc) is 2.43. The van der Waals surface area contributed by atoms with Gasteiger partial charge in [0.05, 0.1) is 0 Å². The lowest BCUT2D eigenvalue weighted by Crippen LogP contribution is -2.19. The highest BCUT2D eigenvalue weighted by Gasteiger charge is 2.05. The third kappa shape index (κ3) is 3.89. The van der Waals surface area contributed by atoms with E-state index in [1.165, 1.54) is 19.1 Å². The molecule has 0 heterocycles. The monoisotopic (exact) mass is 286 g/mol. The van der Waals surface area contributed by atoms with Crippen LogP contribution in [-0.4, -0.2) is 11.8 Å². The number of carbonyl (C=O) groups excluding carboxylic acids is 2. The van der Waals surface area contributed by atoms with E-state index >= 15 is 0 Å². The number of benzene rings is 2. The Bertz CT molecular complexity index is 681. The highest BCUT2D eigenvalue weighted by Crippen LogP contribution is 2.15. The van der Waals surface area contributed by atoms with E-state index in [2.05, 4.69) is 10.6 Å². The molecular weight excluding hydrogens is 271 g/mol. The van der Waals surface area contributed by atoms with Crippen molar-refractivity contribution in [3.05, 3.63) is 59.4 Å². The van der Waals surface area contributed by atoms with Gasteiger partial charge < -0.3 is 10.6 Å². The van der Waals surface area contributed by atoms with Gasteiger partial charge in [-0.25, -0.2) is 9.18 Å². The molecule has 21 heavy (non-hydrogen) atoms. The van der Waals surface area contributed by atoms with Crippen molar-refractivity contribution in [1.82, 2.24) is 0 Å². The Morgan fingerprint density at radius 3 is 2.10 bits per heavy atom. The lowest BCUT2D eigenvalue weighted by Gasteiger charge is -2.09. The van der Waals surface area contributed by atoms with Gasteiger partial charge >= 0.3 is 6.03 Å². The second kappa shape index (κ2) is 6.17. The number of amides is 2. The van der Waals surface area contributed by atoms with Crippen LogP contribution in [0.4, 0.5) is 20.6 Å². The van der Waals surface area contributed by atoms with Crippen LogP contribution >= 0.6 is 0 Å². The minimum absolute atomic E-state index is 0.0345. The normalized spacial score (nSPS) is 10.0. The number of carbonyl (C=O) groups is 2. The number of Topliss-reactive ketones (excluding diaryl/α,β-unsaturated/α-hetero) is 1. The van der Waals surface area contributed by atoms with Crippen LogP contribution in [0.1, 0.15) is 22.8 Å². The number of urea groups is 1. The summed E-state index contributed by atoms with van der Waals surface area (Å²) in [4.78, 5) is 23.0. The highest BCUT2D eigenvalue weighted by atomic mass is 19.1. The number of aryl methyl sites for hydroxylation is 1. The zero-order valence-electron chi connectivity index (χ0n) is 11.7. The molecule has 108 valence electrons. The predicted octanol–water partition coefficient (Wildman–Crippen LogP) is 3.98. The van der Waals surface area contributed by atoms with Crippen LogP contribution in [-0.2, 0) is 0 Å². The zero-order chi connectivity index (χ0) is 15.4. The van der Waals surface area contributed by atoms with Crippen LogP contribution in [0.3, 0.4) is 0 Å². The average molecular weight is 286 g/mol. The molecule has 2 rings (SSSR count). The molecule has 0 aliphatic heterocycles. The van der Waals surface area contributed by atoms with Crippen LogP contribution in [0.15, 0.2) is 42.5 Å². The van der Waals surface area contributed by atoms with E-state index in [0.717, 1.165) is 0 Å². The Morgan fingerprint density at radius 1 is 0.952 bits per heavy atom. The Balaban J connectivity index is 2.01. The third-order valence-corrected chi connectivity index (χ3v) is 2.97. The third-order valence-electron chi connectivity index (χ3n) is 2.97. The summed E-state index contributed by atoms with van der Waals surface area (Å²) in [5.74, 6) is -0.353. The molecule has 2 amide bonds. The fraction of sp³-hybridized carbons (Fsp3) is 0.125. The summed E-state index contributed by atoms with van der Waals surface area (Å²) in [5, 5.41) is 5.25. The fourth-order valence-electron chi connectivity index (χ4n) is 1.80. The first-order valence-corrected chi connectivity index (χ1v) is 6.41. The summed E-state index contributed by atoms with van der Waals surface area (Å²) in [7, 11) is 0. The van der Waals surface area contributed by atoms with E-state index < -0.39 is 6.03 Å². The van der Waals surface area contributed by atoms with E-state index in [4.69, 9.17) is 0 Å². The van der Waals surface area contributed by atoms with Gasteiger partial charge in [-0.05, 0) is 61.9 Å². The highest BCUT2D eigenvalue weighted by molar-refractivity contribution is 6.00. The fourth-order valence-corrected chi connectivity index (χ4v) is 1.80. The molecule has 0 aliphatic carbocycles. The van der Waals surface area contributed by atoms with Gasteiger partial charge in [-0.2, -0.15) is 0 Å². The smallest absolute Gasteiger partial charge is 0.308 e. The lowest BCUT2D eigenvalue weighted by atomic mass is 10.1. The van der Waals surface area contributed by atoms with E-state index in [-0.39, 0.29) is 11.6 Å². The molecule has 2 N–H and O–H groups in total. The molecule has 0 bridgehead atoms. The lowest BCUT2D eigenvalue weighted by molar-refractivity contribution is 0.101. The molecule has 0 atom stereocenters. The van der Waals surface area contributed by atoms with Crippen LogP contribution < -0.4 is 10.6 Å². The number of halogens is 1. The quantitative estimate of drug-likeness (QED) is 0.838. The number of anilines is 2. The molecule has 0 aromatic heterocycles. The van der Waals surface area contributed by atoms with E-state index in [1.54, 1.807) is 37.3 Å². The Morgan fingerprint density at radius 2 is 1.52 bits per heavy atom. The Kier molecular flexibility index (Phi) is 4.33. The molecule has 0 radical (unpaired) electrons. The number of rotatable bonds is 3. The van der Waals surface area contributed by atoms with Gasteiger partial charge in [-0.15, -0.1) is 0 Å². The van der Waals surface area contributed by atoms with Gasteiger partial charge in [-0.3, -0.25) is 4.79 Å². The van der Waals surface area contributed by atoms with Crippen LogP contribution in [0.25, 0.3) is 0 Å².